The third-order valence-corrected chi connectivity index (χ3v) is 3.16. The molecule has 0 aliphatic rings. The fourth-order valence-electron chi connectivity index (χ4n) is 1.72. The predicted octanol–water partition coefficient (Wildman–Crippen LogP) is 2.31. The van der Waals surface area contributed by atoms with Gasteiger partial charge in [0.25, 0.3) is 0 Å². The number of hydrogen-bond donors (Lipinski definition) is 2. The van der Waals surface area contributed by atoms with Gasteiger partial charge in [0.15, 0.2) is 5.69 Å². The van der Waals surface area contributed by atoms with E-state index in [-0.39, 0.29) is 28.6 Å². The van der Waals surface area contributed by atoms with Gasteiger partial charge in [0.05, 0.1) is 6.54 Å². The largest absolute Gasteiger partial charge is 0.476 e. The Kier molecular flexibility index (Phi) is 3.44. The maximum Gasteiger partial charge on any atom is 0.356 e. The number of nitrogens with zero attached hydrogens (tertiary/aromatic N) is 2. The van der Waals surface area contributed by atoms with Crippen LogP contribution in [0.2, 0.25) is 5.02 Å². The van der Waals surface area contributed by atoms with Crippen LogP contribution in [-0.4, -0.2) is 20.9 Å². The van der Waals surface area contributed by atoms with Crippen molar-refractivity contribution in [3.8, 4) is 0 Å². The lowest BCUT2D eigenvalue weighted by molar-refractivity contribution is 0.0688. The number of benzene rings is 1. The van der Waals surface area contributed by atoms with Crippen LogP contribution in [0.15, 0.2) is 18.2 Å². The third-order valence-electron chi connectivity index (χ3n) is 2.81. The van der Waals surface area contributed by atoms with Crippen LogP contribution < -0.4 is 5.73 Å². The first-order valence-electron chi connectivity index (χ1n) is 5.41. The maximum atomic E-state index is 13.7. The summed E-state index contributed by atoms with van der Waals surface area (Å²) in [6, 6.07) is 4.30. The summed E-state index contributed by atoms with van der Waals surface area (Å²) < 4.78 is 14.9. The van der Waals surface area contributed by atoms with Crippen molar-refractivity contribution >= 4 is 23.4 Å². The highest BCUT2D eigenvalue weighted by molar-refractivity contribution is 6.31. The number of carbonyl (C=O) groups is 1. The van der Waals surface area contributed by atoms with Gasteiger partial charge in [-0.15, -0.1) is 0 Å². The Labute approximate surface area is 113 Å². The highest BCUT2D eigenvalue weighted by Gasteiger charge is 2.19. The fraction of sp³-hybridized carbons (Fsp3) is 0.167. The number of carboxylic acids is 1. The summed E-state index contributed by atoms with van der Waals surface area (Å²) in [5.74, 6) is -1.49. The zero-order chi connectivity index (χ0) is 14.2. The number of anilines is 1. The van der Waals surface area contributed by atoms with Crippen LogP contribution in [0.1, 0.15) is 21.6 Å². The molecular formula is C12H11ClFN3O2. The van der Waals surface area contributed by atoms with Crippen LogP contribution >= 0.6 is 11.6 Å². The Morgan fingerprint density at radius 3 is 2.79 bits per heavy atom. The maximum absolute atomic E-state index is 13.7. The van der Waals surface area contributed by atoms with E-state index in [0.29, 0.717) is 5.56 Å². The predicted molar refractivity (Wildman–Crippen MR) is 68.8 cm³/mol. The topological polar surface area (TPSA) is 81.1 Å². The minimum atomic E-state index is -1.18. The standard InChI is InChI=1S/C12H11ClFN3O2/c1-6-10(12(18)19)16-17(11(6)15)5-7-8(13)3-2-4-9(7)14/h2-4H,5,15H2,1H3,(H,18,19). The molecule has 3 N–H and O–H groups in total. The molecule has 0 aliphatic heterocycles. The van der Waals surface area contributed by atoms with Crippen molar-refractivity contribution in [2.45, 2.75) is 13.5 Å². The zero-order valence-electron chi connectivity index (χ0n) is 10.0. The van der Waals surface area contributed by atoms with Crippen molar-refractivity contribution < 1.29 is 14.3 Å². The lowest BCUT2D eigenvalue weighted by Crippen LogP contribution is -2.09. The minimum absolute atomic E-state index is 0.0224. The molecule has 0 amide bonds. The fourth-order valence-corrected chi connectivity index (χ4v) is 1.94. The van der Waals surface area contributed by atoms with Crippen molar-refractivity contribution in [1.29, 1.82) is 0 Å². The molecule has 7 heteroatoms. The summed E-state index contributed by atoms with van der Waals surface area (Å²) in [6.45, 7) is 1.52. The van der Waals surface area contributed by atoms with Crippen LogP contribution in [0.5, 0.6) is 0 Å². The van der Waals surface area contributed by atoms with Crippen molar-refractivity contribution in [1.82, 2.24) is 9.78 Å². The second-order valence-corrected chi connectivity index (χ2v) is 4.43. The molecule has 0 bridgehead atoms. The SMILES string of the molecule is Cc1c(C(=O)O)nn(Cc2c(F)cccc2Cl)c1N. The average molecular weight is 284 g/mol. The van der Waals surface area contributed by atoms with Crippen LogP contribution in [0.3, 0.4) is 0 Å². The molecule has 100 valence electrons. The molecule has 0 aliphatic carbocycles. The molecule has 0 atom stereocenters. The molecule has 0 spiro atoms. The van der Waals surface area contributed by atoms with E-state index >= 15 is 0 Å². The number of rotatable bonds is 3. The molecule has 2 rings (SSSR count). The van der Waals surface area contributed by atoms with Crippen molar-refractivity contribution in [3.63, 3.8) is 0 Å². The summed E-state index contributed by atoms with van der Waals surface area (Å²) in [5, 5.41) is 13.0. The summed E-state index contributed by atoms with van der Waals surface area (Å²) in [6.07, 6.45) is 0. The van der Waals surface area contributed by atoms with Gasteiger partial charge >= 0.3 is 5.97 Å². The zero-order valence-corrected chi connectivity index (χ0v) is 10.8. The Hall–Kier alpha value is -2.08. The Balaban J connectivity index is 2.45. The number of halogens is 2. The second kappa shape index (κ2) is 4.89. The number of nitrogens with two attached hydrogens (primary N) is 1. The Bertz CT molecular complexity index is 634. The first kappa shape index (κ1) is 13.4. The van der Waals surface area contributed by atoms with E-state index in [4.69, 9.17) is 22.4 Å². The smallest absolute Gasteiger partial charge is 0.356 e. The van der Waals surface area contributed by atoms with E-state index in [1.165, 1.54) is 16.8 Å². The van der Waals surface area contributed by atoms with Gasteiger partial charge in [-0.25, -0.2) is 13.9 Å². The lowest BCUT2D eigenvalue weighted by atomic mass is 10.2. The molecule has 2 aromatic rings. The molecule has 19 heavy (non-hydrogen) atoms. The van der Waals surface area contributed by atoms with Gasteiger partial charge in [-0.05, 0) is 19.1 Å². The number of nitrogen functional groups attached to an aromatic ring is 1. The van der Waals surface area contributed by atoms with E-state index in [0.717, 1.165) is 0 Å². The van der Waals surface area contributed by atoms with E-state index in [2.05, 4.69) is 5.10 Å². The van der Waals surface area contributed by atoms with Crippen molar-refractivity contribution in [2.24, 2.45) is 0 Å². The molecule has 1 aromatic heterocycles. The summed E-state index contributed by atoms with van der Waals surface area (Å²) >= 11 is 5.90. The normalized spacial score (nSPS) is 10.7. The molecule has 0 saturated heterocycles. The Morgan fingerprint density at radius 2 is 2.26 bits per heavy atom. The third kappa shape index (κ3) is 2.39. The van der Waals surface area contributed by atoms with Crippen LogP contribution in [0, 0.1) is 12.7 Å². The molecule has 0 radical (unpaired) electrons. The first-order chi connectivity index (χ1) is 8.91. The van der Waals surface area contributed by atoms with E-state index < -0.39 is 11.8 Å². The van der Waals surface area contributed by atoms with Gasteiger partial charge in [-0.1, -0.05) is 17.7 Å². The van der Waals surface area contributed by atoms with Crippen LogP contribution in [-0.2, 0) is 6.54 Å². The van der Waals surface area contributed by atoms with Gasteiger partial charge in [-0.2, -0.15) is 5.10 Å². The summed E-state index contributed by atoms with van der Waals surface area (Å²) in [5.41, 5.74) is 6.18. The molecule has 0 fully saturated rings. The molecule has 5 nitrogen and oxygen atoms in total. The van der Waals surface area contributed by atoms with Gasteiger partial charge < -0.3 is 10.8 Å². The summed E-state index contributed by atoms with van der Waals surface area (Å²) in [7, 11) is 0. The molecule has 1 aromatic carbocycles. The molecule has 0 unspecified atom stereocenters. The van der Waals surface area contributed by atoms with Gasteiger partial charge in [-0.3, -0.25) is 0 Å². The minimum Gasteiger partial charge on any atom is -0.476 e. The van der Waals surface area contributed by atoms with Crippen LogP contribution in [0.25, 0.3) is 0 Å². The Morgan fingerprint density at radius 1 is 1.58 bits per heavy atom. The quantitative estimate of drug-likeness (QED) is 0.906. The van der Waals surface area contributed by atoms with Gasteiger partial charge in [0, 0.05) is 16.1 Å². The van der Waals surface area contributed by atoms with E-state index in [9.17, 15) is 9.18 Å². The van der Waals surface area contributed by atoms with E-state index in [1.807, 2.05) is 0 Å². The van der Waals surface area contributed by atoms with Gasteiger partial charge in [0.1, 0.15) is 11.6 Å². The van der Waals surface area contributed by atoms with Gasteiger partial charge in [0.2, 0.25) is 0 Å². The number of carboxylic acid groups (broad SMARTS) is 1. The highest BCUT2D eigenvalue weighted by atomic mass is 35.5. The molecule has 1 heterocycles. The van der Waals surface area contributed by atoms with Crippen LogP contribution in [0.4, 0.5) is 10.2 Å². The molecule has 0 saturated carbocycles. The van der Waals surface area contributed by atoms with E-state index in [1.54, 1.807) is 13.0 Å². The lowest BCUT2D eigenvalue weighted by Gasteiger charge is -2.07. The first-order valence-corrected chi connectivity index (χ1v) is 5.78. The monoisotopic (exact) mass is 283 g/mol. The number of aromatic carboxylic acids is 1. The van der Waals surface area contributed by atoms with Crippen molar-refractivity contribution in [3.05, 3.63) is 45.9 Å². The second-order valence-electron chi connectivity index (χ2n) is 4.02. The average Bonchev–Trinajstić information content (AvgIpc) is 2.62. The van der Waals surface area contributed by atoms with Crippen molar-refractivity contribution in [2.75, 3.05) is 5.73 Å². The molecular weight excluding hydrogens is 273 g/mol. The summed E-state index contributed by atoms with van der Waals surface area (Å²) in [4.78, 5) is 10.9. The highest BCUT2D eigenvalue weighted by Crippen LogP contribution is 2.23. The number of aromatic nitrogens is 2. The number of hydrogen-bond acceptors (Lipinski definition) is 3.